The number of nitrogens with one attached hydrogen (secondary N) is 1. The van der Waals surface area contributed by atoms with Crippen LogP contribution in [0.25, 0.3) is 0 Å². The number of carbonyl (C=O) groups excluding carboxylic acids is 5. The van der Waals surface area contributed by atoms with E-state index in [1.807, 2.05) is 0 Å². The van der Waals surface area contributed by atoms with Gasteiger partial charge in [-0.3, -0.25) is 14.4 Å². The second-order valence-electron chi connectivity index (χ2n) is 19.0. The van der Waals surface area contributed by atoms with Gasteiger partial charge in [-0.1, -0.05) is 5.92 Å². The Morgan fingerprint density at radius 1 is 0.655 bits per heavy atom. The number of piperazine rings is 2. The van der Waals surface area contributed by atoms with Crippen molar-refractivity contribution in [2.75, 3.05) is 125 Å². The van der Waals surface area contributed by atoms with Crippen molar-refractivity contribution in [3.8, 4) is 18.1 Å². The van der Waals surface area contributed by atoms with Crippen LogP contribution in [0.15, 0.2) is 51.9 Å². The van der Waals surface area contributed by atoms with Crippen molar-refractivity contribution in [1.82, 2.24) is 24.9 Å². The number of hydrogen-bond acceptors (Lipinski definition) is 22. The molecule has 84 heavy (non-hydrogen) atoms. The van der Waals surface area contributed by atoms with Crippen LogP contribution in [0.3, 0.4) is 0 Å². The fraction of sp³-hybridized carbons (Fsp3) is 0.588. The van der Waals surface area contributed by atoms with E-state index in [9.17, 15) is 64.2 Å². The number of hydrogen-bond donors (Lipinski definition) is 11. The molecule has 33 nitrogen and oxygen atoms in total. The second-order valence-corrected chi connectivity index (χ2v) is 19.0. The maximum absolute atomic E-state index is 14.3. The first-order valence-electron chi connectivity index (χ1n) is 26.4. The Bertz CT molecular complexity index is 2590. The molecule has 0 spiro atoms. The zero-order valence-corrected chi connectivity index (χ0v) is 46.0. The van der Waals surface area contributed by atoms with E-state index in [4.69, 9.17) is 72.0 Å². The van der Waals surface area contributed by atoms with E-state index >= 15 is 0 Å². The zero-order valence-electron chi connectivity index (χ0n) is 46.0. The number of amides is 5. The molecule has 5 amide bonds. The summed E-state index contributed by atoms with van der Waals surface area (Å²) in [6, 6.07) is 0.639. The van der Waals surface area contributed by atoms with E-state index < -0.39 is 127 Å². The molecule has 1 aromatic carbocycles. The van der Waals surface area contributed by atoms with Crippen LogP contribution in [-0.2, 0) is 52.3 Å². The first-order valence-corrected chi connectivity index (χ1v) is 26.4. The number of rotatable bonds is 29. The third-order valence-corrected chi connectivity index (χ3v) is 13.0. The number of ether oxygens (including phenoxy) is 9. The van der Waals surface area contributed by atoms with Gasteiger partial charge in [-0.15, -0.1) is 6.42 Å². The first kappa shape index (κ1) is 66.6. The summed E-state index contributed by atoms with van der Waals surface area (Å²) < 4.78 is 50.1. The van der Waals surface area contributed by atoms with Crippen LogP contribution >= 0.6 is 0 Å². The fourth-order valence-corrected chi connectivity index (χ4v) is 8.98. The van der Waals surface area contributed by atoms with E-state index in [0.717, 1.165) is 19.1 Å². The Morgan fingerprint density at radius 3 is 1.57 bits per heavy atom. The first-order chi connectivity index (χ1) is 40.1. The van der Waals surface area contributed by atoms with E-state index in [0.29, 0.717) is 26.4 Å². The van der Waals surface area contributed by atoms with Gasteiger partial charge in [-0.25, -0.2) is 29.2 Å². The van der Waals surface area contributed by atoms with E-state index in [-0.39, 0.29) is 115 Å². The molecular formula is C51H73N11O22. The Labute approximate surface area is 481 Å². The average molecular weight is 1190 g/mol. The molecule has 0 aromatic heterocycles. The highest BCUT2D eigenvalue weighted by Gasteiger charge is 2.47. The Hall–Kier alpha value is -8.23. The van der Waals surface area contributed by atoms with Crippen LogP contribution < -0.4 is 33.0 Å². The van der Waals surface area contributed by atoms with Gasteiger partial charge in [0.1, 0.15) is 37.3 Å². The molecule has 4 heterocycles. The normalized spacial score (nSPS) is 21.0. The molecule has 0 aliphatic carbocycles. The van der Waals surface area contributed by atoms with Crippen LogP contribution in [0, 0.1) is 12.3 Å². The van der Waals surface area contributed by atoms with Crippen LogP contribution in [0.5, 0.6) is 5.75 Å². The van der Waals surface area contributed by atoms with Gasteiger partial charge in [-0.05, 0) is 30.4 Å². The summed E-state index contributed by atoms with van der Waals surface area (Å²) in [5, 5.41) is 63.5. The number of aliphatic imine (C=N–C) groups is 2. The van der Waals surface area contributed by atoms with Crippen LogP contribution in [-0.4, -0.2) is 284 Å². The molecule has 2 fully saturated rings. The lowest BCUT2D eigenvalue weighted by Gasteiger charge is -2.41. The number of nitrogens with two attached hydrogens (primary N) is 4. The summed E-state index contributed by atoms with van der Waals surface area (Å²) in [5.74, 6) is -4.55. The molecule has 4 aliphatic rings. The maximum Gasteiger partial charge on any atom is 0.410 e. The van der Waals surface area contributed by atoms with E-state index in [1.54, 1.807) is 0 Å². The molecule has 2 saturated heterocycles. The molecule has 15 N–H and O–H groups in total. The highest BCUT2D eigenvalue weighted by molar-refractivity contribution is 6.00. The van der Waals surface area contributed by atoms with Crippen molar-refractivity contribution in [3.05, 3.63) is 53.0 Å². The summed E-state index contributed by atoms with van der Waals surface area (Å²) >= 11 is 0. The van der Waals surface area contributed by atoms with Gasteiger partial charge in [0.05, 0.1) is 77.6 Å². The molecule has 9 atom stereocenters. The minimum atomic E-state index is -1.89. The lowest BCUT2D eigenvalue weighted by atomic mass is 9.92. The molecule has 5 rings (SSSR count). The smallest absolute Gasteiger partial charge is 0.410 e. The molecule has 0 radical (unpaired) electrons. The molecule has 4 aliphatic heterocycles. The number of benzene rings is 1. The minimum Gasteiger partial charge on any atom is -0.491 e. The molecule has 0 bridgehead atoms. The number of aliphatic hydroxyl groups is 4. The summed E-state index contributed by atoms with van der Waals surface area (Å²) in [5.41, 5.74) is 22.2. The molecule has 0 saturated carbocycles. The number of carbonyl (C=O) groups is 7. The summed E-state index contributed by atoms with van der Waals surface area (Å²) in [4.78, 5) is 105. The Balaban J connectivity index is 1.26. The van der Waals surface area contributed by atoms with Gasteiger partial charge >= 0.3 is 24.1 Å². The van der Waals surface area contributed by atoms with Crippen LogP contribution in [0.4, 0.5) is 9.59 Å². The van der Waals surface area contributed by atoms with Gasteiger partial charge in [0, 0.05) is 76.8 Å². The zero-order chi connectivity index (χ0) is 61.5. The number of carboxylic acid groups (broad SMARTS) is 2. The topological polar surface area (TPSA) is 478 Å². The average Bonchev–Trinajstić information content (AvgIpc) is 3.62. The third-order valence-electron chi connectivity index (χ3n) is 13.0. The van der Waals surface area contributed by atoms with Gasteiger partial charge in [0.25, 0.3) is 11.8 Å². The molecule has 1 aromatic rings. The molecule has 33 heteroatoms. The predicted octanol–water partition coefficient (Wildman–Crippen LogP) is -5.09. The number of guanidine groups is 2. The monoisotopic (exact) mass is 1190 g/mol. The van der Waals surface area contributed by atoms with Crippen molar-refractivity contribution in [2.24, 2.45) is 32.9 Å². The SMILES string of the molecule is C#CCOCCOCCOCCOCCOc1cc(C(=O)N2CCN(C(=O)O[C@H]([C@H](O)CO)[C@H]3C[C@@H](N=C(N)N)C=C(C(=O)O)O3)CC2)cc(C(=O)N2CCN(C(=O)O[C@@H]([C@@H]3OC(C(=O)O)=C[C@H](N=C(N)N)[C@H]3NC(C)=O)[C@H](O)CO)CC2)c1. The maximum atomic E-state index is 14.3. The van der Waals surface area contributed by atoms with Gasteiger partial charge in [0.2, 0.25) is 17.4 Å². The van der Waals surface area contributed by atoms with Crippen molar-refractivity contribution in [1.29, 1.82) is 0 Å². The fourth-order valence-electron chi connectivity index (χ4n) is 8.98. The van der Waals surface area contributed by atoms with E-state index in [2.05, 4.69) is 21.2 Å². The third kappa shape index (κ3) is 20.0. The van der Waals surface area contributed by atoms with Gasteiger partial charge in [0.15, 0.2) is 30.2 Å². The van der Waals surface area contributed by atoms with Gasteiger partial charge in [-0.2, -0.15) is 0 Å². The summed E-state index contributed by atoms with van der Waals surface area (Å²) in [7, 11) is 0. The van der Waals surface area contributed by atoms with Crippen molar-refractivity contribution in [3.63, 3.8) is 0 Å². The molecule has 0 unspecified atom stereocenters. The lowest BCUT2D eigenvalue weighted by Crippen LogP contribution is -2.61. The number of carboxylic acids is 2. The number of aliphatic carboxylic acids is 2. The van der Waals surface area contributed by atoms with Crippen molar-refractivity contribution >= 4 is 53.8 Å². The molecule has 464 valence electrons. The van der Waals surface area contributed by atoms with Crippen LogP contribution in [0.2, 0.25) is 0 Å². The molecular weight excluding hydrogens is 1120 g/mol. The van der Waals surface area contributed by atoms with Gasteiger partial charge < -0.3 is 121 Å². The van der Waals surface area contributed by atoms with Crippen molar-refractivity contribution < 1.29 is 107 Å². The standard InChI is InChI=1S/C51H73N11O22/c1-3-12-76-13-14-77-15-16-78-17-18-79-19-20-80-33-22-30(44(68)59-4-8-61(9-5-59)50(74)83-41(35(66)27-63)37-24-32(57-48(52)53)25-38(81-37)46(70)71)21-31(23-33)45(69)60-6-10-62(11-7-60)51(75)84-42(36(67)28-64)43-40(56-29(2)65)34(58-49(54)55)26-39(82-43)47(72)73/h1,21-23,25-26,32,34-37,40-43,63-64,66-67H,4-20,24,27-28H2,2H3,(H,56,65)(H,70,71)(H,72,73)(H4,52,53,57)(H4,54,55,58)/t32-,34+,35-,36-,37-,40-,41-,42-,43-/m1/s1. The van der Waals surface area contributed by atoms with E-state index in [1.165, 1.54) is 37.8 Å². The minimum absolute atomic E-state index is 0.0110. The quantitative estimate of drug-likeness (QED) is 0.0155. The summed E-state index contributed by atoms with van der Waals surface area (Å²) in [6.45, 7) is 0.440. The van der Waals surface area contributed by atoms with Crippen LogP contribution in [0.1, 0.15) is 34.1 Å². The predicted molar refractivity (Wildman–Crippen MR) is 288 cm³/mol. The highest BCUT2D eigenvalue weighted by Crippen LogP contribution is 2.29. The highest BCUT2D eigenvalue weighted by atomic mass is 16.6. The number of terminal acetylenes is 1. The second kappa shape index (κ2) is 33.2. The number of nitrogens with zero attached hydrogens (tertiary/aromatic N) is 6. The lowest BCUT2D eigenvalue weighted by molar-refractivity contribution is -0.147. The summed E-state index contributed by atoms with van der Waals surface area (Å²) in [6.07, 6.45) is -4.92. The Morgan fingerprint density at radius 2 is 1.11 bits per heavy atom. The largest absolute Gasteiger partial charge is 0.491 e. The number of aliphatic hydroxyl groups excluding tert-OH is 4. The van der Waals surface area contributed by atoms with Crippen molar-refractivity contribution in [2.45, 2.75) is 68.1 Å². The Kier molecular flexibility index (Phi) is 26.3.